The van der Waals surface area contributed by atoms with Crippen LogP contribution in [0.15, 0.2) is 36.4 Å². The molecule has 0 aliphatic heterocycles. The zero-order valence-corrected chi connectivity index (χ0v) is 12.0. The van der Waals surface area contributed by atoms with Crippen LogP contribution in [0, 0.1) is 25.5 Å². The van der Waals surface area contributed by atoms with E-state index in [9.17, 15) is 8.78 Å². The summed E-state index contributed by atoms with van der Waals surface area (Å²) in [6.45, 7) is 6.82. The van der Waals surface area contributed by atoms with Crippen LogP contribution in [0.3, 0.4) is 0 Å². The summed E-state index contributed by atoms with van der Waals surface area (Å²) >= 11 is 0. The van der Waals surface area contributed by atoms with Crippen molar-refractivity contribution >= 4 is 0 Å². The van der Waals surface area contributed by atoms with Crippen LogP contribution in [0.1, 0.15) is 35.2 Å². The van der Waals surface area contributed by atoms with Crippen LogP contribution in [-0.2, 0) is 0 Å². The van der Waals surface area contributed by atoms with Crippen LogP contribution >= 0.6 is 0 Å². The second-order valence-corrected chi connectivity index (χ2v) is 5.02. The highest BCUT2D eigenvalue weighted by atomic mass is 19.2. The lowest BCUT2D eigenvalue weighted by atomic mass is 9.93. The molecule has 0 aliphatic rings. The normalized spacial score (nSPS) is 12.4. The Morgan fingerprint density at radius 2 is 1.75 bits per heavy atom. The molecule has 2 aromatic rings. The van der Waals surface area contributed by atoms with Gasteiger partial charge in [0.2, 0.25) is 0 Å². The molecule has 0 amide bonds. The molecule has 1 atom stereocenters. The monoisotopic (exact) mass is 275 g/mol. The maximum Gasteiger partial charge on any atom is 0.159 e. The summed E-state index contributed by atoms with van der Waals surface area (Å²) in [5.74, 6) is -1.63. The summed E-state index contributed by atoms with van der Waals surface area (Å²) in [7, 11) is 0. The van der Waals surface area contributed by atoms with E-state index in [4.69, 9.17) is 0 Å². The topological polar surface area (TPSA) is 12.0 Å². The van der Waals surface area contributed by atoms with Gasteiger partial charge in [-0.25, -0.2) is 8.78 Å². The van der Waals surface area contributed by atoms with Crippen molar-refractivity contribution in [2.24, 2.45) is 0 Å². The van der Waals surface area contributed by atoms with E-state index in [1.807, 2.05) is 32.9 Å². The van der Waals surface area contributed by atoms with Gasteiger partial charge in [0.1, 0.15) is 0 Å². The Hall–Kier alpha value is -1.74. The molecule has 0 radical (unpaired) electrons. The van der Waals surface area contributed by atoms with Gasteiger partial charge in [-0.15, -0.1) is 0 Å². The molecule has 20 heavy (non-hydrogen) atoms. The molecule has 0 saturated carbocycles. The van der Waals surface area contributed by atoms with Crippen LogP contribution in [-0.4, -0.2) is 6.54 Å². The smallest absolute Gasteiger partial charge is 0.159 e. The minimum atomic E-state index is -0.815. The Morgan fingerprint density at radius 1 is 1.00 bits per heavy atom. The van der Waals surface area contributed by atoms with E-state index < -0.39 is 11.6 Å². The zero-order chi connectivity index (χ0) is 14.7. The molecule has 0 bridgehead atoms. The molecule has 1 nitrogen and oxygen atoms in total. The highest BCUT2D eigenvalue weighted by Gasteiger charge is 2.16. The first-order chi connectivity index (χ1) is 9.52. The Kier molecular flexibility index (Phi) is 4.50. The van der Waals surface area contributed by atoms with Gasteiger partial charge in [-0.1, -0.05) is 36.8 Å². The van der Waals surface area contributed by atoms with Crippen molar-refractivity contribution in [2.45, 2.75) is 26.8 Å². The number of aryl methyl sites for hydroxylation is 2. The number of benzene rings is 2. The van der Waals surface area contributed by atoms with Crippen LogP contribution in [0.2, 0.25) is 0 Å². The van der Waals surface area contributed by atoms with Crippen molar-refractivity contribution in [3.63, 3.8) is 0 Å². The van der Waals surface area contributed by atoms with Gasteiger partial charge in [0.05, 0.1) is 6.04 Å². The quantitative estimate of drug-likeness (QED) is 0.878. The average Bonchev–Trinajstić information content (AvgIpc) is 2.40. The zero-order valence-electron chi connectivity index (χ0n) is 12.0. The predicted octanol–water partition coefficient (Wildman–Crippen LogP) is 4.28. The minimum Gasteiger partial charge on any atom is -0.307 e. The number of nitrogens with one attached hydrogen (secondary N) is 1. The molecule has 1 unspecified atom stereocenters. The highest BCUT2D eigenvalue weighted by Crippen LogP contribution is 2.26. The molecule has 0 fully saturated rings. The third kappa shape index (κ3) is 3.05. The molecule has 0 heterocycles. The molecule has 0 aliphatic carbocycles. The average molecular weight is 275 g/mol. The molecule has 0 saturated heterocycles. The van der Waals surface area contributed by atoms with E-state index in [0.29, 0.717) is 0 Å². The molecule has 1 N–H and O–H groups in total. The summed E-state index contributed by atoms with van der Waals surface area (Å²) in [5, 5.41) is 3.33. The van der Waals surface area contributed by atoms with Gasteiger partial charge in [-0.2, -0.15) is 0 Å². The minimum absolute atomic E-state index is 0.129. The summed E-state index contributed by atoms with van der Waals surface area (Å²) in [4.78, 5) is 0. The molecule has 2 aromatic carbocycles. The van der Waals surface area contributed by atoms with Gasteiger partial charge in [-0.05, 0) is 49.2 Å². The second-order valence-electron chi connectivity index (χ2n) is 5.02. The van der Waals surface area contributed by atoms with Crippen LogP contribution in [0.25, 0.3) is 0 Å². The lowest BCUT2D eigenvalue weighted by molar-refractivity contribution is 0.503. The Balaban J connectivity index is 2.47. The van der Waals surface area contributed by atoms with Gasteiger partial charge >= 0.3 is 0 Å². The molecule has 3 heteroatoms. The fourth-order valence-corrected chi connectivity index (χ4v) is 2.45. The highest BCUT2D eigenvalue weighted by molar-refractivity contribution is 5.39. The van der Waals surface area contributed by atoms with Gasteiger partial charge < -0.3 is 5.32 Å². The molecule has 106 valence electrons. The van der Waals surface area contributed by atoms with E-state index >= 15 is 0 Å². The first-order valence-corrected chi connectivity index (χ1v) is 6.78. The molecular weight excluding hydrogens is 256 g/mol. The number of hydrogen-bond donors (Lipinski definition) is 1. The number of halogens is 2. The van der Waals surface area contributed by atoms with Gasteiger partial charge in [0.25, 0.3) is 0 Å². The van der Waals surface area contributed by atoms with E-state index in [1.165, 1.54) is 17.7 Å². The van der Waals surface area contributed by atoms with Crippen LogP contribution in [0.4, 0.5) is 8.78 Å². The fourth-order valence-electron chi connectivity index (χ4n) is 2.45. The summed E-state index contributed by atoms with van der Waals surface area (Å²) < 4.78 is 26.5. The molecular formula is C17H19F2N. The van der Waals surface area contributed by atoms with Gasteiger partial charge in [0, 0.05) is 0 Å². The summed E-state index contributed by atoms with van der Waals surface area (Å²) in [5.41, 5.74) is 4.15. The van der Waals surface area contributed by atoms with Gasteiger partial charge in [-0.3, -0.25) is 0 Å². The maximum atomic E-state index is 13.5. The van der Waals surface area contributed by atoms with E-state index in [-0.39, 0.29) is 6.04 Å². The number of rotatable bonds is 4. The maximum absolute atomic E-state index is 13.5. The third-order valence-corrected chi connectivity index (χ3v) is 3.42. The van der Waals surface area contributed by atoms with Crippen molar-refractivity contribution in [3.8, 4) is 0 Å². The fraction of sp³-hybridized carbons (Fsp3) is 0.294. The van der Waals surface area contributed by atoms with E-state index in [2.05, 4.69) is 11.4 Å². The van der Waals surface area contributed by atoms with Crippen molar-refractivity contribution in [1.29, 1.82) is 0 Å². The number of hydrogen-bond acceptors (Lipinski definition) is 1. The van der Waals surface area contributed by atoms with Gasteiger partial charge in [0.15, 0.2) is 11.6 Å². The molecule has 2 rings (SSSR count). The van der Waals surface area contributed by atoms with Crippen LogP contribution in [0.5, 0.6) is 0 Å². The van der Waals surface area contributed by atoms with Crippen molar-refractivity contribution in [1.82, 2.24) is 5.32 Å². The summed E-state index contributed by atoms with van der Waals surface area (Å²) in [6.07, 6.45) is 0. The Labute approximate surface area is 118 Å². The molecule has 0 aromatic heterocycles. The SMILES string of the molecule is CCNC(c1ccc(F)c(F)c1)c1ccc(C)cc1C. The standard InChI is InChI=1S/C17H19F2N/c1-4-20-17(13-6-8-15(18)16(19)10-13)14-7-5-11(2)9-12(14)3/h5-10,17,20H,4H2,1-3H3. The largest absolute Gasteiger partial charge is 0.307 e. The van der Waals surface area contributed by atoms with Crippen molar-refractivity contribution in [2.75, 3.05) is 6.54 Å². The predicted molar refractivity (Wildman–Crippen MR) is 77.8 cm³/mol. The van der Waals surface area contributed by atoms with E-state index in [1.54, 1.807) is 6.07 Å². The Morgan fingerprint density at radius 3 is 2.35 bits per heavy atom. The second kappa shape index (κ2) is 6.14. The molecule has 0 spiro atoms. The lowest BCUT2D eigenvalue weighted by Crippen LogP contribution is -2.23. The third-order valence-electron chi connectivity index (χ3n) is 3.42. The first-order valence-electron chi connectivity index (χ1n) is 6.78. The van der Waals surface area contributed by atoms with Crippen molar-refractivity contribution < 1.29 is 8.78 Å². The van der Waals surface area contributed by atoms with E-state index in [0.717, 1.165) is 23.2 Å². The first kappa shape index (κ1) is 14.7. The van der Waals surface area contributed by atoms with Crippen LogP contribution < -0.4 is 5.32 Å². The Bertz CT molecular complexity index is 608. The summed E-state index contributed by atoms with van der Waals surface area (Å²) in [6, 6.07) is 10.1. The van der Waals surface area contributed by atoms with Crippen molar-refractivity contribution in [3.05, 3.63) is 70.3 Å². The lowest BCUT2D eigenvalue weighted by Gasteiger charge is -2.21.